The van der Waals surface area contributed by atoms with Crippen molar-refractivity contribution in [1.29, 1.82) is 0 Å². The van der Waals surface area contributed by atoms with Gasteiger partial charge in [-0.05, 0) is 43.2 Å². The van der Waals surface area contributed by atoms with Crippen LogP contribution in [0.3, 0.4) is 0 Å². The highest BCUT2D eigenvalue weighted by Crippen LogP contribution is 2.35. The molecule has 6 nitrogen and oxygen atoms in total. The maximum atomic E-state index is 12.9. The first kappa shape index (κ1) is 23.5. The van der Waals surface area contributed by atoms with Crippen LogP contribution in [0.5, 0.6) is 0 Å². The van der Waals surface area contributed by atoms with E-state index in [-0.39, 0.29) is 27.3 Å². The first-order valence-electron chi connectivity index (χ1n) is 9.66. The molecule has 0 atom stereocenters. The van der Waals surface area contributed by atoms with E-state index in [0.717, 1.165) is 29.1 Å². The van der Waals surface area contributed by atoms with E-state index in [9.17, 15) is 13.2 Å². The normalized spacial score (nSPS) is 15.2. The number of benzene rings is 2. The van der Waals surface area contributed by atoms with Crippen LogP contribution in [0.2, 0.25) is 15.1 Å². The van der Waals surface area contributed by atoms with Crippen LogP contribution in [0.25, 0.3) is 11.3 Å². The van der Waals surface area contributed by atoms with Crippen molar-refractivity contribution in [2.24, 2.45) is 5.14 Å². The third-order valence-electron chi connectivity index (χ3n) is 5.35. The minimum absolute atomic E-state index is 0.00990. The second kappa shape index (κ2) is 9.29. The molecular weight excluding hydrogens is 513 g/mol. The van der Waals surface area contributed by atoms with Gasteiger partial charge in [-0.1, -0.05) is 40.9 Å². The summed E-state index contributed by atoms with van der Waals surface area (Å²) in [6.45, 7) is 1.08. The summed E-state index contributed by atoms with van der Waals surface area (Å²) in [5, 5.41) is 9.17. The highest BCUT2D eigenvalue weighted by Gasteiger charge is 2.27. The number of hydrogen-bond donors (Lipinski definition) is 1. The second-order valence-electron chi connectivity index (χ2n) is 7.46. The summed E-state index contributed by atoms with van der Waals surface area (Å²) in [5.41, 5.74) is 2.00. The molecule has 32 heavy (non-hydrogen) atoms. The van der Waals surface area contributed by atoms with Gasteiger partial charge in [-0.2, -0.15) is 0 Å². The van der Waals surface area contributed by atoms with Gasteiger partial charge in [0.25, 0.3) is 5.91 Å². The fraction of sp³-hybridized carbons (Fsp3) is 0.238. The lowest BCUT2D eigenvalue weighted by atomic mass is 9.97. The predicted molar refractivity (Wildman–Crippen MR) is 128 cm³/mol. The zero-order valence-corrected chi connectivity index (χ0v) is 20.5. The fourth-order valence-corrected chi connectivity index (χ4v) is 6.00. The van der Waals surface area contributed by atoms with Crippen LogP contribution in [-0.2, 0) is 10.0 Å². The van der Waals surface area contributed by atoms with E-state index < -0.39 is 10.0 Å². The number of hydrogen-bond acceptors (Lipinski definition) is 5. The molecule has 1 aliphatic rings. The van der Waals surface area contributed by atoms with Crippen LogP contribution in [0.4, 0.5) is 0 Å². The molecule has 0 unspecified atom stereocenters. The van der Waals surface area contributed by atoms with Crippen LogP contribution in [0.1, 0.15) is 34.1 Å². The van der Waals surface area contributed by atoms with Gasteiger partial charge >= 0.3 is 0 Å². The summed E-state index contributed by atoms with van der Waals surface area (Å²) < 4.78 is 23.4. The average Bonchev–Trinajstić information content (AvgIpc) is 3.25. The number of rotatable bonds is 4. The van der Waals surface area contributed by atoms with Crippen LogP contribution < -0.4 is 5.14 Å². The smallest absolute Gasteiger partial charge is 0.253 e. The molecule has 2 N–H and O–H groups in total. The number of primary sulfonamides is 1. The zero-order valence-electron chi connectivity index (χ0n) is 16.6. The minimum Gasteiger partial charge on any atom is -0.339 e. The molecule has 1 aromatic heterocycles. The number of sulfonamides is 1. The van der Waals surface area contributed by atoms with Crippen molar-refractivity contribution in [2.75, 3.05) is 13.1 Å². The number of aromatic nitrogens is 1. The molecule has 2 heterocycles. The van der Waals surface area contributed by atoms with E-state index >= 15 is 0 Å². The molecule has 168 valence electrons. The van der Waals surface area contributed by atoms with Crippen LogP contribution in [0, 0.1) is 0 Å². The van der Waals surface area contributed by atoms with Gasteiger partial charge in [0.2, 0.25) is 10.0 Å². The minimum atomic E-state index is -4.02. The maximum Gasteiger partial charge on any atom is 0.253 e. The number of piperidine rings is 1. The number of nitrogens with two attached hydrogens (primary N) is 1. The van der Waals surface area contributed by atoms with Crippen molar-refractivity contribution in [1.82, 2.24) is 9.88 Å². The van der Waals surface area contributed by atoms with Crippen molar-refractivity contribution in [3.05, 3.63) is 67.4 Å². The van der Waals surface area contributed by atoms with E-state index in [1.807, 2.05) is 11.4 Å². The summed E-state index contributed by atoms with van der Waals surface area (Å²) in [5.74, 6) is -0.00794. The molecule has 0 saturated carbocycles. The first-order valence-corrected chi connectivity index (χ1v) is 13.2. The average molecular weight is 531 g/mol. The van der Waals surface area contributed by atoms with Crippen LogP contribution in [0.15, 0.2) is 46.7 Å². The number of likely N-dealkylation sites (tertiary alicyclic amines) is 1. The summed E-state index contributed by atoms with van der Waals surface area (Å²) >= 11 is 19.6. The molecule has 0 spiro atoms. The Balaban J connectivity index is 1.44. The summed E-state index contributed by atoms with van der Waals surface area (Å²) in [6, 6.07) is 9.55. The highest BCUT2D eigenvalue weighted by atomic mass is 35.5. The van der Waals surface area contributed by atoms with Gasteiger partial charge < -0.3 is 4.90 Å². The van der Waals surface area contributed by atoms with Crippen molar-refractivity contribution < 1.29 is 13.2 Å². The Bertz CT molecular complexity index is 1290. The van der Waals surface area contributed by atoms with Gasteiger partial charge in [-0.3, -0.25) is 4.79 Å². The molecule has 0 radical (unpaired) electrons. The second-order valence-corrected chi connectivity index (χ2v) is 11.1. The lowest BCUT2D eigenvalue weighted by Crippen LogP contribution is -2.38. The van der Waals surface area contributed by atoms with Crippen molar-refractivity contribution in [3.8, 4) is 11.3 Å². The maximum absolute atomic E-state index is 12.9. The molecule has 4 rings (SSSR count). The van der Waals surface area contributed by atoms with Crippen molar-refractivity contribution in [3.63, 3.8) is 0 Å². The number of amides is 1. The van der Waals surface area contributed by atoms with E-state index in [1.165, 1.54) is 18.2 Å². The first-order chi connectivity index (χ1) is 15.1. The lowest BCUT2D eigenvalue weighted by Gasteiger charge is -2.31. The number of carbonyl (C=O) groups excluding carboxylic acids is 1. The van der Waals surface area contributed by atoms with E-state index in [2.05, 4.69) is 0 Å². The third kappa shape index (κ3) is 4.95. The largest absolute Gasteiger partial charge is 0.339 e. The monoisotopic (exact) mass is 529 g/mol. The predicted octanol–water partition coefficient (Wildman–Crippen LogP) is 5.44. The number of nitrogens with zero attached hydrogens (tertiary/aromatic N) is 2. The topological polar surface area (TPSA) is 93.4 Å². The van der Waals surface area contributed by atoms with E-state index in [1.54, 1.807) is 28.4 Å². The standard InChI is InChI=1S/C21H18Cl3N3O3S2/c22-15-3-1-13(9-17(15)24)18-11-31-20(26-18)12-5-7-27(8-6-12)21(28)14-2-4-16(23)19(10-14)32(25,29)30/h1-4,9-12H,5-8H2,(H2,25,29,30). The summed E-state index contributed by atoms with van der Waals surface area (Å²) in [4.78, 5) is 19.1. The Kier molecular flexibility index (Phi) is 6.81. The van der Waals surface area contributed by atoms with E-state index in [0.29, 0.717) is 23.1 Å². The van der Waals surface area contributed by atoms with Gasteiger partial charge in [0.1, 0.15) is 4.90 Å². The van der Waals surface area contributed by atoms with Gasteiger partial charge in [-0.25, -0.2) is 18.5 Å². The Morgan fingerprint density at radius 3 is 2.38 bits per heavy atom. The molecule has 11 heteroatoms. The molecule has 1 fully saturated rings. The number of carbonyl (C=O) groups is 1. The van der Waals surface area contributed by atoms with Crippen molar-refractivity contribution >= 4 is 62.1 Å². The molecule has 1 amide bonds. The van der Waals surface area contributed by atoms with Crippen LogP contribution in [-0.4, -0.2) is 37.3 Å². The zero-order chi connectivity index (χ0) is 23.0. The molecule has 1 aliphatic heterocycles. The molecule has 0 aliphatic carbocycles. The molecular formula is C21H18Cl3N3O3S2. The van der Waals surface area contributed by atoms with Gasteiger partial charge in [0, 0.05) is 35.5 Å². The SMILES string of the molecule is NS(=O)(=O)c1cc(C(=O)N2CCC(c3nc(-c4ccc(Cl)c(Cl)c4)cs3)CC2)ccc1Cl. The van der Waals surface area contributed by atoms with E-state index in [4.69, 9.17) is 44.9 Å². The molecule has 1 saturated heterocycles. The van der Waals surface area contributed by atoms with Crippen molar-refractivity contribution in [2.45, 2.75) is 23.7 Å². The number of thiazole rings is 1. The molecule has 0 bridgehead atoms. The lowest BCUT2D eigenvalue weighted by molar-refractivity contribution is 0.0712. The highest BCUT2D eigenvalue weighted by molar-refractivity contribution is 7.89. The van der Waals surface area contributed by atoms with Gasteiger partial charge in [0.15, 0.2) is 0 Å². The van der Waals surface area contributed by atoms with Gasteiger partial charge in [-0.15, -0.1) is 11.3 Å². The Morgan fingerprint density at radius 1 is 1.03 bits per heavy atom. The van der Waals surface area contributed by atoms with Gasteiger partial charge in [0.05, 0.1) is 25.8 Å². The number of halogens is 3. The fourth-order valence-electron chi connectivity index (χ4n) is 3.63. The summed E-state index contributed by atoms with van der Waals surface area (Å²) in [7, 11) is -4.02. The Morgan fingerprint density at radius 2 is 1.72 bits per heavy atom. The molecule has 2 aromatic carbocycles. The quantitative estimate of drug-likeness (QED) is 0.486. The van der Waals surface area contributed by atoms with Crippen LogP contribution >= 0.6 is 46.1 Å². The Labute approximate surface area is 205 Å². The Hall–Kier alpha value is -1.68. The summed E-state index contributed by atoms with van der Waals surface area (Å²) in [6.07, 6.45) is 1.52. The third-order valence-corrected chi connectivity index (χ3v) is 8.49. The molecule has 3 aromatic rings.